The molecule has 0 atom stereocenters. The van der Waals surface area contributed by atoms with Gasteiger partial charge in [-0.25, -0.2) is 0 Å². The summed E-state index contributed by atoms with van der Waals surface area (Å²) in [6.45, 7) is 0. The van der Waals surface area contributed by atoms with Crippen molar-refractivity contribution in [1.82, 2.24) is 10.2 Å². The molecule has 1 aromatic rings. The second-order valence-corrected chi connectivity index (χ2v) is 9.09. The van der Waals surface area contributed by atoms with Crippen LogP contribution in [-0.4, -0.2) is 20.4 Å². The second-order valence-electron chi connectivity index (χ2n) is 6.01. The first-order valence-electron chi connectivity index (χ1n) is 8.09. The van der Waals surface area contributed by atoms with Gasteiger partial charge < -0.3 is 10.2 Å². The van der Waals surface area contributed by atoms with Crippen molar-refractivity contribution < 1.29 is 0 Å². The summed E-state index contributed by atoms with van der Waals surface area (Å²) in [4.78, 5) is 7.38. The van der Waals surface area contributed by atoms with Gasteiger partial charge in [-0.1, -0.05) is 70.3 Å². The van der Waals surface area contributed by atoms with Crippen LogP contribution in [0.2, 0.25) is 0 Å². The predicted molar refractivity (Wildman–Crippen MR) is 110 cm³/mol. The van der Waals surface area contributed by atoms with Crippen LogP contribution in [0, 0.1) is 0 Å². The quantitative estimate of drug-likeness (QED) is 0.477. The van der Waals surface area contributed by atoms with E-state index in [2.05, 4.69) is 66.8 Å². The lowest BCUT2D eigenvalue weighted by molar-refractivity contribution is 0.443. The molecule has 0 bridgehead atoms. The number of nitrogens with one attached hydrogen (secondary N) is 1. The van der Waals surface area contributed by atoms with E-state index in [1.807, 2.05) is 0 Å². The molecule has 1 aliphatic carbocycles. The molecule has 0 radical (unpaired) electrons. The van der Waals surface area contributed by atoms with Crippen LogP contribution >= 0.6 is 36.7 Å². The monoisotopic (exact) mass is 483 g/mol. The molecule has 3 aliphatic rings. The maximum absolute atomic E-state index is 5.11. The molecule has 1 N–H and O–H groups in total. The van der Waals surface area contributed by atoms with Crippen LogP contribution < -0.4 is 5.32 Å². The van der Waals surface area contributed by atoms with Gasteiger partial charge in [0.1, 0.15) is 3.63 Å². The van der Waals surface area contributed by atoms with Crippen LogP contribution in [0.25, 0.3) is 5.70 Å². The first-order chi connectivity index (χ1) is 11.3. The highest BCUT2D eigenvalue weighted by Gasteiger charge is 2.28. The summed E-state index contributed by atoms with van der Waals surface area (Å²) in [5, 5.41) is 3.61. The highest BCUT2D eigenvalue weighted by Crippen LogP contribution is 2.33. The molecule has 1 saturated carbocycles. The molecule has 2 aliphatic heterocycles. The van der Waals surface area contributed by atoms with E-state index in [1.165, 1.54) is 41.3 Å². The first-order valence-corrected chi connectivity index (χ1v) is 11.2. The third-order valence-electron chi connectivity index (χ3n) is 4.37. The van der Waals surface area contributed by atoms with Crippen molar-refractivity contribution >= 4 is 51.8 Å². The van der Waals surface area contributed by atoms with Crippen molar-refractivity contribution in [2.75, 3.05) is 0 Å². The maximum atomic E-state index is 5.11. The molecule has 4 rings (SSSR count). The molecular formula is C18H19BrIN3. The molecule has 0 unspecified atom stereocenters. The smallest absolute Gasteiger partial charge is 0.156 e. The standard InChI is InChI=1S/C18H19BrIN3/c19-16-11-20-17-18(21-14-9-5-2-6-10-14)22-15(12-23(16)17)13-7-3-1-4-8-13/h1,3-4,7-8,11-12,14H,2,5-6,9-10H2,(H,21,22). The molecule has 0 aromatic heterocycles. The van der Waals surface area contributed by atoms with Gasteiger partial charge in [-0.15, -0.1) is 0 Å². The lowest BCUT2D eigenvalue weighted by Gasteiger charge is -2.29. The lowest BCUT2D eigenvalue weighted by Crippen LogP contribution is -2.42. The zero-order valence-corrected chi connectivity index (χ0v) is 16.5. The van der Waals surface area contributed by atoms with E-state index in [-0.39, 0.29) is 20.7 Å². The molecule has 120 valence electrons. The van der Waals surface area contributed by atoms with Crippen LogP contribution in [-0.2, 0) is 0 Å². The number of benzene rings is 1. The average molecular weight is 484 g/mol. The van der Waals surface area contributed by atoms with Gasteiger partial charge in [0.2, 0.25) is 0 Å². The number of rotatable bonds is 2. The minimum absolute atomic E-state index is 0.122. The third kappa shape index (κ3) is 3.31. The third-order valence-corrected chi connectivity index (χ3v) is 8.36. The van der Waals surface area contributed by atoms with Crippen molar-refractivity contribution in [3.63, 3.8) is 0 Å². The Hall–Kier alpha value is -0.950. The molecule has 23 heavy (non-hydrogen) atoms. The number of halogens is 2. The Kier molecular flexibility index (Phi) is 4.66. The molecule has 0 amide bonds. The van der Waals surface area contributed by atoms with Crippen molar-refractivity contribution in [1.29, 1.82) is 0 Å². The fourth-order valence-corrected chi connectivity index (χ4v) is 6.47. The summed E-state index contributed by atoms with van der Waals surface area (Å²) in [7, 11) is 0. The molecule has 3 nitrogen and oxygen atoms in total. The Morgan fingerprint density at radius 1 is 1.13 bits per heavy atom. The van der Waals surface area contributed by atoms with Crippen LogP contribution in [0.15, 0.2) is 50.2 Å². The van der Waals surface area contributed by atoms with Gasteiger partial charge in [-0.3, -0.25) is 4.99 Å². The van der Waals surface area contributed by atoms with Gasteiger partial charge in [-0.2, -0.15) is 0 Å². The number of hydrogen-bond acceptors (Lipinski definition) is 2. The van der Waals surface area contributed by atoms with Crippen LogP contribution in [0.5, 0.6) is 0 Å². The highest BCUT2D eigenvalue weighted by atomic mass is 127. The molecule has 0 spiro atoms. The Bertz CT molecular complexity index is 715. The second kappa shape index (κ2) is 6.89. The largest absolute Gasteiger partial charge is 0.337 e. The summed E-state index contributed by atoms with van der Waals surface area (Å²) in [5.41, 5.74) is 2.33. The summed E-state index contributed by atoms with van der Waals surface area (Å²) in [5.74, 6) is 1.09. The van der Waals surface area contributed by atoms with Crippen molar-refractivity contribution in [3.8, 4) is 0 Å². The highest BCUT2D eigenvalue weighted by molar-refractivity contribution is 14.2. The van der Waals surface area contributed by atoms with Gasteiger partial charge in [0.05, 0.1) is 16.3 Å². The Balaban J connectivity index is 1.68. The average Bonchev–Trinajstić information content (AvgIpc) is 2.98. The molecule has 0 saturated heterocycles. The van der Waals surface area contributed by atoms with E-state index in [1.54, 1.807) is 0 Å². The SMILES string of the molecule is BrC1=CI=C2C(=NC3CCCCC3)NC(c3ccccc3)=CN12. The maximum Gasteiger partial charge on any atom is 0.156 e. The lowest BCUT2D eigenvalue weighted by atomic mass is 9.96. The Morgan fingerprint density at radius 3 is 2.70 bits per heavy atom. The summed E-state index contributed by atoms with van der Waals surface area (Å²) < 4.78 is 4.84. The zero-order chi connectivity index (χ0) is 15.6. The fraction of sp³-hybridized carbons (Fsp3) is 0.333. The molecule has 1 fully saturated rings. The van der Waals surface area contributed by atoms with Crippen molar-refractivity contribution in [2.45, 2.75) is 38.1 Å². The van der Waals surface area contributed by atoms with Gasteiger partial charge in [0, 0.05) is 10.3 Å². The van der Waals surface area contributed by atoms with Crippen LogP contribution in [0.3, 0.4) is 0 Å². The Morgan fingerprint density at radius 2 is 1.91 bits per heavy atom. The van der Waals surface area contributed by atoms with Gasteiger partial charge in [0.15, 0.2) is 5.84 Å². The van der Waals surface area contributed by atoms with Gasteiger partial charge >= 0.3 is 0 Å². The van der Waals surface area contributed by atoms with E-state index in [0.29, 0.717) is 6.04 Å². The van der Waals surface area contributed by atoms with E-state index >= 15 is 0 Å². The van der Waals surface area contributed by atoms with Crippen LogP contribution in [0.1, 0.15) is 37.7 Å². The minimum Gasteiger partial charge on any atom is -0.337 e. The van der Waals surface area contributed by atoms with E-state index in [4.69, 9.17) is 4.99 Å². The summed E-state index contributed by atoms with van der Waals surface area (Å²) in [6, 6.07) is 11.0. The minimum atomic E-state index is -0.122. The number of hydrogen-bond donors (Lipinski definition) is 1. The van der Waals surface area contributed by atoms with E-state index < -0.39 is 0 Å². The van der Waals surface area contributed by atoms with E-state index in [9.17, 15) is 0 Å². The zero-order valence-electron chi connectivity index (χ0n) is 12.8. The first kappa shape index (κ1) is 15.6. The normalized spacial score (nSPS) is 23.4. The van der Waals surface area contributed by atoms with Crippen LogP contribution in [0.4, 0.5) is 0 Å². The Labute approximate surface area is 155 Å². The number of fused-ring (bicyclic) bond motifs is 1. The van der Waals surface area contributed by atoms with Gasteiger partial charge in [0.25, 0.3) is 0 Å². The number of aliphatic imine (C=N–C) groups is 1. The molecule has 5 heteroatoms. The molecule has 1 aromatic carbocycles. The summed E-state index contributed by atoms with van der Waals surface area (Å²) in [6.07, 6.45) is 8.66. The van der Waals surface area contributed by atoms with Gasteiger partial charge in [-0.05, 0) is 34.3 Å². The number of amidine groups is 1. The predicted octanol–water partition coefficient (Wildman–Crippen LogP) is 4.93. The van der Waals surface area contributed by atoms with Crippen molar-refractivity contribution in [3.05, 3.63) is 50.8 Å². The number of nitrogens with zero attached hydrogens (tertiary/aromatic N) is 2. The topological polar surface area (TPSA) is 27.6 Å². The van der Waals surface area contributed by atoms with E-state index in [0.717, 1.165) is 16.1 Å². The molecule has 2 heterocycles. The molecular weight excluding hydrogens is 465 g/mol. The fourth-order valence-electron chi connectivity index (χ4n) is 3.16. The van der Waals surface area contributed by atoms with Crippen molar-refractivity contribution in [2.24, 2.45) is 4.99 Å². The summed E-state index contributed by atoms with van der Waals surface area (Å²) >= 11 is 3.58.